The third-order valence-corrected chi connectivity index (χ3v) is 10.9. The summed E-state index contributed by atoms with van der Waals surface area (Å²) < 4.78 is 33.4. The van der Waals surface area contributed by atoms with Crippen LogP contribution < -0.4 is 5.32 Å². The third kappa shape index (κ3) is 6.01. The van der Waals surface area contributed by atoms with Crippen molar-refractivity contribution in [1.29, 1.82) is 0 Å². The molecular formula is C31H38N4O6S. The lowest BCUT2D eigenvalue weighted by Gasteiger charge is -2.32. The van der Waals surface area contributed by atoms with E-state index in [1.807, 2.05) is 24.3 Å². The number of imide groups is 1. The van der Waals surface area contributed by atoms with Gasteiger partial charge in [0, 0.05) is 51.4 Å². The van der Waals surface area contributed by atoms with Crippen molar-refractivity contribution in [2.75, 3.05) is 39.4 Å². The average molecular weight is 595 g/mol. The van der Waals surface area contributed by atoms with Gasteiger partial charge in [-0.1, -0.05) is 24.3 Å². The lowest BCUT2D eigenvalue weighted by Crippen LogP contribution is -2.52. The van der Waals surface area contributed by atoms with Gasteiger partial charge in [0.2, 0.25) is 21.8 Å². The minimum Gasteiger partial charge on any atom is -0.381 e. The zero-order valence-corrected chi connectivity index (χ0v) is 24.6. The number of hydrogen-bond acceptors (Lipinski definition) is 7. The van der Waals surface area contributed by atoms with Gasteiger partial charge in [-0.05, 0) is 86.0 Å². The number of rotatable bonds is 6. The molecule has 1 N–H and O–H groups in total. The van der Waals surface area contributed by atoms with Gasteiger partial charge < -0.3 is 9.64 Å². The molecule has 4 aliphatic rings. The monoisotopic (exact) mass is 594 g/mol. The van der Waals surface area contributed by atoms with Crippen molar-refractivity contribution >= 4 is 27.7 Å². The first-order valence-corrected chi connectivity index (χ1v) is 16.4. The van der Waals surface area contributed by atoms with Crippen LogP contribution in [0.2, 0.25) is 0 Å². The number of ether oxygens (including phenoxy) is 1. The van der Waals surface area contributed by atoms with Crippen LogP contribution in [0.15, 0.2) is 47.4 Å². The molecule has 10 nitrogen and oxygen atoms in total. The van der Waals surface area contributed by atoms with Crippen LogP contribution in [0, 0.1) is 0 Å². The molecule has 1 unspecified atom stereocenters. The maximum Gasteiger partial charge on any atom is 0.255 e. The second-order valence-electron chi connectivity index (χ2n) is 11.7. The molecule has 3 amide bonds. The Bertz CT molecular complexity index is 1440. The Kier molecular flexibility index (Phi) is 8.44. The van der Waals surface area contributed by atoms with Crippen LogP contribution in [0.4, 0.5) is 0 Å². The van der Waals surface area contributed by atoms with E-state index in [0.717, 1.165) is 43.6 Å². The quantitative estimate of drug-likeness (QED) is 0.511. The van der Waals surface area contributed by atoms with Crippen molar-refractivity contribution < 1.29 is 27.5 Å². The summed E-state index contributed by atoms with van der Waals surface area (Å²) in [5.74, 6) is -0.424. The fourth-order valence-electron chi connectivity index (χ4n) is 6.59. The van der Waals surface area contributed by atoms with E-state index in [4.69, 9.17) is 4.74 Å². The number of piperidine rings is 2. The first kappa shape index (κ1) is 29.0. The lowest BCUT2D eigenvalue weighted by molar-refractivity contribution is -0.136. The summed E-state index contributed by atoms with van der Waals surface area (Å²) in [6.07, 6.45) is 4.01. The van der Waals surface area contributed by atoms with Gasteiger partial charge >= 0.3 is 0 Å². The van der Waals surface area contributed by atoms with Crippen LogP contribution in [0.1, 0.15) is 71.5 Å². The molecule has 42 heavy (non-hydrogen) atoms. The molecule has 0 aliphatic carbocycles. The molecule has 11 heteroatoms. The predicted octanol–water partition coefficient (Wildman–Crippen LogP) is 2.63. The summed E-state index contributed by atoms with van der Waals surface area (Å²) in [6.45, 7) is 5.18. The van der Waals surface area contributed by atoms with Crippen molar-refractivity contribution in [2.45, 2.75) is 68.5 Å². The molecule has 1 atom stereocenters. The number of nitrogens with one attached hydrogen (secondary N) is 1. The van der Waals surface area contributed by atoms with Crippen LogP contribution in [0.3, 0.4) is 0 Å². The second-order valence-corrected chi connectivity index (χ2v) is 13.7. The molecule has 0 bridgehead atoms. The minimum absolute atomic E-state index is 0.142. The molecule has 0 saturated carbocycles. The van der Waals surface area contributed by atoms with Crippen LogP contribution >= 0.6 is 0 Å². The summed E-state index contributed by atoms with van der Waals surface area (Å²) in [5.41, 5.74) is 3.91. The van der Waals surface area contributed by atoms with E-state index in [9.17, 15) is 22.8 Å². The van der Waals surface area contributed by atoms with Crippen LogP contribution in [-0.4, -0.2) is 85.7 Å². The van der Waals surface area contributed by atoms with E-state index in [-0.39, 0.29) is 24.1 Å². The molecule has 3 fully saturated rings. The Hall–Kier alpha value is -3.12. The van der Waals surface area contributed by atoms with Crippen molar-refractivity contribution in [3.05, 3.63) is 64.7 Å². The molecule has 2 aromatic carbocycles. The minimum atomic E-state index is -3.51. The van der Waals surface area contributed by atoms with E-state index in [1.54, 1.807) is 21.3 Å². The van der Waals surface area contributed by atoms with Crippen LogP contribution in [0.5, 0.6) is 0 Å². The van der Waals surface area contributed by atoms with Gasteiger partial charge in [0.05, 0.1) is 4.90 Å². The van der Waals surface area contributed by atoms with Gasteiger partial charge in [-0.25, -0.2) is 8.42 Å². The highest BCUT2D eigenvalue weighted by molar-refractivity contribution is 7.89. The maximum atomic E-state index is 13.2. The average Bonchev–Trinajstić information content (AvgIpc) is 3.28. The normalized spacial score (nSPS) is 23.4. The highest BCUT2D eigenvalue weighted by Gasteiger charge is 2.39. The number of carbonyl (C=O) groups excluding carboxylic acids is 3. The first-order chi connectivity index (χ1) is 20.3. The van der Waals surface area contributed by atoms with Gasteiger partial charge in [0.25, 0.3) is 5.91 Å². The zero-order chi connectivity index (χ0) is 29.3. The Morgan fingerprint density at radius 3 is 2.29 bits per heavy atom. The number of amides is 3. The smallest absolute Gasteiger partial charge is 0.255 e. The number of nitrogens with zero attached hydrogens (tertiary/aromatic N) is 3. The van der Waals surface area contributed by atoms with Gasteiger partial charge in [-0.3, -0.25) is 24.6 Å². The highest BCUT2D eigenvalue weighted by atomic mass is 32.2. The van der Waals surface area contributed by atoms with E-state index < -0.39 is 16.1 Å². The lowest BCUT2D eigenvalue weighted by atomic mass is 9.87. The van der Waals surface area contributed by atoms with E-state index >= 15 is 0 Å². The Balaban J connectivity index is 1.03. The molecule has 3 saturated heterocycles. The van der Waals surface area contributed by atoms with E-state index in [0.29, 0.717) is 68.5 Å². The number of benzene rings is 2. The zero-order valence-electron chi connectivity index (χ0n) is 23.8. The molecule has 6 rings (SSSR count). The van der Waals surface area contributed by atoms with E-state index in [2.05, 4.69) is 16.3 Å². The summed E-state index contributed by atoms with van der Waals surface area (Å²) in [7, 11) is -3.51. The number of fused-ring (bicyclic) bond motifs is 1. The van der Waals surface area contributed by atoms with Crippen molar-refractivity contribution in [1.82, 2.24) is 19.4 Å². The number of sulfonamides is 1. The predicted molar refractivity (Wildman–Crippen MR) is 155 cm³/mol. The molecule has 2 aromatic rings. The second kappa shape index (κ2) is 12.2. The molecule has 4 aliphatic heterocycles. The molecule has 4 heterocycles. The SMILES string of the molecule is O=C1CCC(N2Cc3cc(C4CCN(Cc5ccc(S(=O)(=O)N6CCCOCCC6)cc5)CC4)ccc3C2=O)C(=O)N1. The fraction of sp³-hybridized carbons (Fsp3) is 0.516. The fourth-order valence-corrected chi connectivity index (χ4v) is 8.10. The van der Waals surface area contributed by atoms with Crippen molar-refractivity contribution in [2.24, 2.45) is 0 Å². The number of likely N-dealkylation sites (tertiary alicyclic amines) is 1. The molecule has 0 aromatic heterocycles. The molecule has 0 radical (unpaired) electrons. The topological polar surface area (TPSA) is 116 Å². The van der Waals surface area contributed by atoms with Gasteiger partial charge in [0.15, 0.2) is 0 Å². The Morgan fingerprint density at radius 1 is 0.881 bits per heavy atom. The molecular weight excluding hydrogens is 556 g/mol. The van der Waals surface area contributed by atoms with Gasteiger partial charge in [-0.2, -0.15) is 4.31 Å². The van der Waals surface area contributed by atoms with Crippen LogP contribution in [-0.2, 0) is 37.4 Å². The highest BCUT2D eigenvalue weighted by Crippen LogP contribution is 2.34. The number of carbonyl (C=O) groups is 3. The standard InChI is InChI=1S/C31H38N4O6S/c36-29-10-9-28(30(37)32-29)35-21-25-19-24(5-8-27(25)31(35)38)23-11-15-33(16-12-23)20-22-3-6-26(7-4-22)42(39,40)34-13-1-17-41-18-2-14-34/h3-8,19,23,28H,1-2,9-18,20-21H2,(H,32,36,37). The van der Waals surface area contributed by atoms with Crippen molar-refractivity contribution in [3.8, 4) is 0 Å². The number of hydrogen-bond donors (Lipinski definition) is 1. The summed E-state index contributed by atoms with van der Waals surface area (Å²) in [6, 6.07) is 12.8. The largest absolute Gasteiger partial charge is 0.381 e. The molecule has 0 spiro atoms. The van der Waals surface area contributed by atoms with E-state index in [1.165, 1.54) is 5.56 Å². The first-order valence-electron chi connectivity index (χ1n) is 15.0. The third-order valence-electron chi connectivity index (χ3n) is 8.97. The summed E-state index contributed by atoms with van der Waals surface area (Å²) >= 11 is 0. The molecule has 224 valence electrons. The van der Waals surface area contributed by atoms with Gasteiger partial charge in [0.1, 0.15) is 6.04 Å². The summed E-state index contributed by atoms with van der Waals surface area (Å²) in [5, 5.41) is 2.36. The summed E-state index contributed by atoms with van der Waals surface area (Å²) in [4.78, 5) is 41.3. The van der Waals surface area contributed by atoms with Crippen molar-refractivity contribution in [3.63, 3.8) is 0 Å². The maximum absolute atomic E-state index is 13.2. The van der Waals surface area contributed by atoms with Crippen LogP contribution in [0.25, 0.3) is 0 Å². The Labute approximate surface area is 247 Å². The van der Waals surface area contributed by atoms with Gasteiger partial charge in [-0.15, -0.1) is 0 Å². The Morgan fingerprint density at radius 2 is 1.60 bits per heavy atom.